The summed E-state index contributed by atoms with van der Waals surface area (Å²) in [5.74, 6) is -1.32. The van der Waals surface area contributed by atoms with E-state index in [2.05, 4.69) is 15.5 Å². The fraction of sp³-hybridized carbons (Fsp3) is 0.273. The van der Waals surface area contributed by atoms with Gasteiger partial charge in [0.15, 0.2) is 6.61 Å². The van der Waals surface area contributed by atoms with Crippen molar-refractivity contribution in [1.29, 1.82) is 0 Å². The number of alkyl halides is 3. The normalized spacial score (nSPS) is 15.9. The van der Waals surface area contributed by atoms with Crippen LogP contribution in [0.25, 0.3) is 0 Å². The molecule has 2 aromatic carbocycles. The molecule has 178 valence electrons. The molecule has 0 spiro atoms. The zero-order valence-corrected chi connectivity index (χ0v) is 18.7. The number of benzene rings is 2. The number of carbonyl (C=O) groups is 2. The molecule has 0 saturated heterocycles. The monoisotopic (exact) mass is 492 g/mol. The number of carbonyl (C=O) groups excluding carboxylic acids is 2. The maximum atomic E-state index is 13.8. The van der Waals surface area contributed by atoms with Crippen LogP contribution in [0.1, 0.15) is 17.9 Å². The number of fused-ring (bicyclic) bond motifs is 1. The number of aryl methyl sites for hydroxylation is 1. The van der Waals surface area contributed by atoms with E-state index in [1.54, 1.807) is 12.1 Å². The number of para-hydroxylation sites is 2. The van der Waals surface area contributed by atoms with Gasteiger partial charge in [-0.05, 0) is 36.8 Å². The number of rotatable bonds is 6. The first-order valence-corrected chi connectivity index (χ1v) is 11.1. The quantitative estimate of drug-likeness (QED) is 0.511. The molecule has 8 nitrogen and oxygen atoms in total. The molecule has 0 aliphatic carbocycles. The summed E-state index contributed by atoms with van der Waals surface area (Å²) in [5.41, 5.74) is 1.12. The number of nitrogens with zero attached hydrogens (tertiary/aromatic N) is 3. The summed E-state index contributed by atoms with van der Waals surface area (Å²) in [5, 5.41) is 10.1. The molecule has 1 unspecified atom stereocenters. The van der Waals surface area contributed by atoms with Crippen molar-refractivity contribution in [3.05, 3.63) is 60.0 Å². The zero-order chi connectivity index (χ0) is 24.3. The molecule has 0 fully saturated rings. The first-order chi connectivity index (χ1) is 16.2. The van der Waals surface area contributed by atoms with Crippen LogP contribution in [0.4, 0.5) is 24.5 Å². The molecule has 1 aromatic heterocycles. The number of amides is 2. The topological polar surface area (TPSA) is 97.6 Å². The number of nitrogens with one attached hydrogen (secondary N) is 1. The van der Waals surface area contributed by atoms with E-state index in [0.29, 0.717) is 10.6 Å². The second kappa shape index (κ2) is 9.75. The maximum absolute atomic E-state index is 13.8. The highest BCUT2D eigenvalue weighted by molar-refractivity contribution is 7.99. The van der Waals surface area contributed by atoms with Crippen LogP contribution in [-0.4, -0.2) is 40.0 Å². The van der Waals surface area contributed by atoms with E-state index in [4.69, 9.17) is 9.15 Å². The van der Waals surface area contributed by atoms with E-state index < -0.39 is 36.2 Å². The molecule has 1 aliphatic rings. The van der Waals surface area contributed by atoms with Gasteiger partial charge in [0.25, 0.3) is 11.1 Å². The second-order valence-electron chi connectivity index (χ2n) is 7.45. The van der Waals surface area contributed by atoms with Gasteiger partial charge in [-0.1, -0.05) is 36.0 Å². The summed E-state index contributed by atoms with van der Waals surface area (Å²) >= 11 is 0.802. The maximum Gasteiger partial charge on any atom is 0.409 e. The SMILES string of the molecule is Cc1cccc(OCc2nnc(SCC(=O)N3c4ccccc4NC(=O)CC3C(F)(F)F)o2)c1. The third-order valence-electron chi connectivity index (χ3n) is 4.89. The largest absolute Gasteiger partial charge is 0.484 e. The van der Waals surface area contributed by atoms with Gasteiger partial charge in [0.1, 0.15) is 11.8 Å². The van der Waals surface area contributed by atoms with Crippen LogP contribution in [0.3, 0.4) is 0 Å². The lowest BCUT2D eigenvalue weighted by Crippen LogP contribution is -2.50. The minimum absolute atomic E-state index is 0.00557. The van der Waals surface area contributed by atoms with Gasteiger partial charge in [0.05, 0.1) is 23.5 Å². The standard InChI is InChI=1S/C22H19F3N4O4S/c1-13-5-4-6-14(9-13)32-11-19-27-28-21(33-19)34-12-20(31)29-16-8-3-2-7-15(16)26-18(30)10-17(29)22(23,24)25/h2-9,17H,10-12H2,1H3,(H,26,30). The molecule has 3 aromatic rings. The van der Waals surface area contributed by atoms with Crippen LogP contribution in [0.2, 0.25) is 0 Å². The molecule has 1 N–H and O–H groups in total. The summed E-state index contributed by atoms with van der Waals surface area (Å²) in [6.07, 6.45) is -5.71. The Balaban J connectivity index is 1.45. The number of anilines is 2. The van der Waals surface area contributed by atoms with Gasteiger partial charge < -0.3 is 14.5 Å². The van der Waals surface area contributed by atoms with Gasteiger partial charge in [0, 0.05) is 0 Å². The lowest BCUT2D eigenvalue weighted by Gasteiger charge is -2.31. The third kappa shape index (κ3) is 5.50. The molecule has 0 saturated carbocycles. The molecule has 2 heterocycles. The molecule has 1 aliphatic heterocycles. The summed E-state index contributed by atoms with van der Waals surface area (Å²) in [7, 11) is 0. The Labute approximate surface area is 196 Å². The van der Waals surface area contributed by atoms with Crippen LogP contribution >= 0.6 is 11.8 Å². The van der Waals surface area contributed by atoms with Crippen molar-refractivity contribution < 1.29 is 31.9 Å². The Morgan fingerprint density at radius 1 is 1.24 bits per heavy atom. The van der Waals surface area contributed by atoms with E-state index in [-0.39, 0.29) is 29.1 Å². The smallest absolute Gasteiger partial charge is 0.409 e. The highest BCUT2D eigenvalue weighted by Gasteiger charge is 2.48. The average molecular weight is 492 g/mol. The summed E-state index contributed by atoms with van der Waals surface area (Å²) in [4.78, 5) is 25.6. The zero-order valence-electron chi connectivity index (χ0n) is 17.8. The van der Waals surface area contributed by atoms with Crippen molar-refractivity contribution in [3.63, 3.8) is 0 Å². The van der Waals surface area contributed by atoms with Crippen LogP contribution in [-0.2, 0) is 16.2 Å². The Hall–Kier alpha value is -3.54. The molecule has 0 radical (unpaired) electrons. The van der Waals surface area contributed by atoms with Gasteiger partial charge in [-0.15, -0.1) is 10.2 Å². The highest BCUT2D eigenvalue weighted by atomic mass is 32.2. The van der Waals surface area contributed by atoms with Gasteiger partial charge in [-0.2, -0.15) is 13.2 Å². The van der Waals surface area contributed by atoms with Gasteiger partial charge in [-0.3, -0.25) is 14.5 Å². The number of halogens is 3. The van der Waals surface area contributed by atoms with E-state index in [9.17, 15) is 22.8 Å². The van der Waals surface area contributed by atoms with Crippen molar-refractivity contribution in [2.24, 2.45) is 0 Å². The van der Waals surface area contributed by atoms with Crippen molar-refractivity contribution in [1.82, 2.24) is 10.2 Å². The summed E-state index contributed by atoms with van der Waals surface area (Å²) in [6, 6.07) is 10.9. The first-order valence-electron chi connectivity index (χ1n) is 10.1. The van der Waals surface area contributed by atoms with Gasteiger partial charge in [0.2, 0.25) is 11.8 Å². The molecule has 12 heteroatoms. The van der Waals surface area contributed by atoms with Crippen LogP contribution in [0.15, 0.2) is 58.2 Å². The van der Waals surface area contributed by atoms with Crippen LogP contribution in [0.5, 0.6) is 5.75 Å². The molecule has 2 amide bonds. The predicted molar refractivity (Wildman–Crippen MR) is 118 cm³/mol. The van der Waals surface area contributed by atoms with Crippen LogP contribution < -0.4 is 15.0 Å². The summed E-state index contributed by atoms with van der Waals surface area (Å²) in [6.45, 7) is 1.91. The Morgan fingerprint density at radius 3 is 2.79 bits per heavy atom. The molecular formula is C22H19F3N4O4S. The van der Waals surface area contributed by atoms with Crippen molar-refractivity contribution in [2.75, 3.05) is 16.0 Å². The minimum Gasteiger partial charge on any atom is -0.484 e. The van der Waals surface area contributed by atoms with Crippen molar-refractivity contribution >= 4 is 35.0 Å². The number of ether oxygens (including phenoxy) is 1. The molecular weight excluding hydrogens is 473 g/mol. The Morgan fingerprint density at radius 2 is 2.03 bits per heavy atom. The van der Waals surface area contributed by atoms with Crippen LogP contribution in [0, 0.1) is 6.92 Å². The minimum atomic E-state index is -4.81. The molecule has 0 bridgehead atoms. The molecule has 1 atom stereocenters. The van der Waals surface area contributed by atoms with E-state index in [0.717, 1.165) is 17.3 Å². The van der Waals surface area contributed by atoms with Gasteiger partial charge >= 0.3 is 6.18 Å². The summed E-state index contributed by atoms with van der Waals surface area (Å²) < 4.78 is 52.4. The van der Waals surface area contributed by atoms with Crippen molar-refractivity contribution in [2.45, 2.75) is 37.4 Å². The highest BCUT2D eigenvalue weighted by Crippen LogP contribution is 2.38. The Kier molecular flexibility index (Phi) is 6.77. The van der Waals surface area contributed by atoms with Gasteiger partial charge in [-0.25, -0.2) is 0 Å². The predicted octanol–water partition coefficient (Wildman–Crippen LogP) is 4.36. The number of aromatic nitrogens is 2. The van der Waals surface area contributed by atoms with E-state index >= 15 is 0 Å². The molecule has 34 heavy (non-hydrogen) atoms. The first kappa shape index (κ1) is 23.6. The van der Waals surface area contributed by atoms with Crippen molar-refractivity contribution in [3.8, 4) is 5.75 Å². The van der Waals surface area contributed by atoms with E-state index in [1.807, 2.05) is 25.1 Å². The second-order valence-corrected chi connectivity index (χ2v) is 8.37. The lowest BCUT2D eigenvalue weighted by molar-refractivity contribution is -0.157. The fourth-order valence-electron chi connectivity index (χ4n) is 3.39. The Bertz CT molecular complexity index is 1200. The lowest BCUT2D eigenvalue weighted by atomic mass is 10.1. The number of hydrogen-bond donors (Lipinski definition) is 1. The number of thioether (sulfide) groups is 1. The number of hydrogen-bond acceptors (Lipinski definition) is 7. The fourth-order valence-corrected chi connectivity index (χ4v) is 4.03. The molecule has 4 rings (SSSR count). The van der Waals surface area contributed by atoms with E-state index in [1.165, 1.54) is 18.2 Å². The third-order valence-corrected chi connectivity index (χ3v) is 5.70. The average Bonchev–Trinajstić information content (AvgIpc) is 3.17.